The number of esters is 1. The molecule has 0 aliphatic rings. The topological polar surface area (TPSA) is 100 Å². The largest absolute Gasteiger partial charge is 0.581 e. The molecule has 0 radical (unpaired) electrons. The number of ether oxygens (including phenoxy) is 2. The van der Waals surface area contributed by atoms with Crippen molar-refractivity contribution in [1.29, 1.82) is 0 Å². The Morgan fingerprint density at radius 2 is 1.80 bits per heavy atom. The number of hydrogen-bond donors (Lipinski definition) is 1. The van der Waals surface area contributed by atoms with Crippen LogP contribution in [0.4, 0.5) is 4.79 Å². The first-order valence-corrected chi connectivity index (χ1v) is 5.88. The van der Waals surface area contributed by atoms with Crippen LogP contribution in [0.2, 0.25) is 0 Å². The van der Waals surface area contributed by atoms with Gasteiger partial charge >= 0.3 is 19.7 Å². The molecule has 0 spiro atoms. The zero-order chi connectivity index (χ0) is 15.4. The van der Waals surface area contributed by atoms with Crippen molar-refractivity contribution in [2.75, 3.05) is 26.4 Å². The maximum Gasteiger partial charge on any atom is 0.581 e. The number of carbonyl (C=O) groups is 3. The molecule has 0 aliphatic heterocycles. The standard InChI is InChI=1S/C11H18BNO7/c1-8(2)10(15)18-7-6-17-5-4-13-11(16)20-12-19-9(3)14/h12H,1,4-7H2,2-3H3,(H,13,16). The van der Waals surface area contributed by atoms with Crippen molar-refractivity contribution >= 4 is 25.7 Å². The van der Waals surface area contributed by atoms with Gasteiger partial charge in [-0.1, -0.05) is 6.58 Å². The van der Waals surface area contributed by atoms with Gasteiger partial charge in [0, 0.05) is 19.0 Å². The van der Waals surface area contributed by atoms with Crippen molar-refractivity contribution in [1.82, 2.24) is 5.32 Å². The van der Waals surface area contributed by atoms with Crippen molar-refractivity contribution < 1.29 is 33.2 Å². The maximum absolute atomic E-state index is 11.0. The Bertz CT molecular complexity index is 359. The van der Waals surface area contributed by atoms with E-state index in [2.05, 4.69) is 21.2 Å². The van der Waals surface area contributed by atoms with Gasteiger partial charge < -0.3 is 24.1 Å². The van der Waals surface area contributed by atoms with Crippen LogP contribution >= 0.6 is 0 Å². The van der Waals surface area contributed by atoms with Crippen LogP contribution in [0.25, 0.3) is 0 Å². The Labute approximate surface area is 117 Å². The molecule has 0 aliphatic carbocycles. The summed E-state index contributed by atoms with van der Waals surface area (Å²) >= 11 is 0. The van der Waals surface area contributed by atoms with E-state index in [1.54, 1.807) is 6.92 Å². The lowest BCUT2D eigenvalue weighted by Gasteiger charge is -2.07. The number of carbonyl (C=O) groups excluding carboxylic acids is 3. The molecule has 9 heteroatoms. The highest BCUT2D eigenvalue weighted by molar-refractivity contribution is 6.25. The molecule has 0 unspecified atom stereocenters. The number of nitrogens with one attached hydrogen (secondary N) is 1. The van der Waals surface area contributed by atoms with Gasteiger partial charge in [0.15, 0.2) is 0 Å². The van der Waals surface area contributed by atoms with E-state index in [1.165, 1.54) is 6.92 Å². The van der Waals surface area contributed by atoms with Crippen LogP contribution < -0.4 is 5.32 Å². The SMILES string of the molecule is C=C(C)C(=O)OCCOCCNC(=O)OBOC(C)=O. The lowest BCUT2D eigenvalue weighted by atomic mass is 10.4. The van der Waals surface area contributed by atoms with Crippen molar-refractivity contribution in [3.8, 4) is 0 Å². The van der Waals surface area contributed by atoms with Crippen molar-refractivity contribution in [2.45, 2.75) is 13.8 Å². The third kappa shape index (κ3) is 11.1. The molecule has 0 saturated carbocycles. The fourth-order valence-electron chi connectivity index (χ4n) is 0.861. The minimum absolute atomic E-state index is 0.114. The highest BCUT2D eigenvalue weighted by Gasteiger charge is 2.05. The zero-order valence-electron chi connectivity index (χ0n) is 11.6. The zero-order valence-corrected chi connectivity index (χ0v) is 11.6. The molecule has 20 heavy (non-hydrogen) atoms. The van der Waals surface area contributed by atoms with Crippen LogP contribution in [-0.4, -0.2) is 52.1 Å². The van der Waals surface area contributed by atoms with Crippen molar-refractivity contribution in [3.05, 3.63) is 12.2 Å². The third-order valence-corrected chi connectivity index (χ3v) is 1.78. The van der Waals surface area contributed by atoms with Crippen LogP contribution in [0.15, 0.2) is 12.2 Å². The number of rotatable bonds is 9. The summed E-state index contributed by atoms with van der Waals surface area (Å²) in [6.07, 6.45) is -0.719. The smallest absolute Gasteiger partial charge is 0.502 e. The Morgan fingerprint density at radius 1 is 1.10 bits per heavy atom. The van der Waals surface area contributed by atoms with Crippen LogP contribution in [0, 0.1) is 0 Å². The molecular formula is C11H18BNO7. The summed E-state index contributed by atoms with van der Waals surface area (Å²) in [6, 6.07) is 0. The van der Waals surface area contributed by atoms with Gasteiger partial charge in [0.1, 0.15) is 6.61 Å². The van der Waals surface area contributed by atoms with Gasteiger partial charge in [-0.05, 0) is 6.92 Å². The van der Waals surface area contributed by atoms with E-state index in [0.717, 1.165) is 0 Å². The summed E-state index contributed by atoms with van der Waals surface area (Å²) in [6.45, 7) is 6.95. The highest BCUT2D eigenvalue weighted by Crippen LogP contribution is 1.91. The molecule has 0 saturated heterocycles. The Hall–Kier alpha value is -2.03. The van der Waals surface area contributed by atoms with E-state index >= 15 is 0 Å². The summed E-state index contributed by atoms with van der Waals surface area (Å²) in [4.78, 5) is 32.4. The van der Waals surface area contributed by atoms with E-state index in [4.69, 9.17) is 9.47 Å². The molecule has 0 aromatic heterocycles. The molecule has 8 nitrogen and oxygen atoms in total. The van der Waals surface area contributed by atoms with Gasteiger partial charge in [-0.3, -0.25) is 4.79 Å². The molecule has 0 fully saturated rings. The van der Waals surface area contributed by atoms with E-state index in [1.807, 2.05) is 0 Å². The van der Waals surface area contributed by atoms with Gasteiger partial charge in [0.05, 0.1) is 13.2 Å². The first-order chi connectivity index (χ1) is 9.43. The average molecular weight is 287 g/mol. The molecule has 0 aromatic carbocycles. The molecule has 0 rings (SSSR count). The fraction of sp³-hybridized carbons (Fsp3) is 0.545. The lowest BCUT2D eigenvalue weighted by molar-refractivity contribution is -0.140. The molecular weight excluding hydrogens is 269 g/mol. The molecule has 0 atom stereocenters. The maximum atomic E-state index is 11.0. The van der Waals surface area contributed by atoms with Crippen LogP contribution in [-0.2, 0) is 28.4 Å². The summed E-state index contributed by atoms with van der Waals surface area (Å²) in [5, 5.41) is 2.37. The van der Waals surface area contributed by atoms with Gasteiger partial charge in [-0.2, -0.15) is 0 Å². The molecule has 1 N–H and O–H groups in total. The first-order valence-electron chi connectivity index (χ1n) is 5.88. The third-order valence-electron chi connectivity index (χ3n) is 1.78. The van der Waals surface area contributed by atoms with Crippen molar-refractivity contribution in [2.24, 2.45) is 0 Å². The molecule has 0 bridgehead atoms. The Morgan fingerprint density at radius 3 is 2.40 bits per heavy atom. The second kappa shape index (κ2) is 10.9. The van der Waals surface area contributed by atoms with E-state index in [-0.39, 0.29) is 26.4 Å². The minimum Gasteiger partial charge on any atom is -0.502 e. The Balaban J connectivity index is 3.35. The number of amides is 1. The van der Waals surface area contributed by atoms with Crippen LogP contribution in [0.1, 0.15) is 13.8 Å². The van der Waals surface area contributed by atoms with Gasteiger partial charge in [0.25, 0.3) is 5.97 Å². The van der Waals surface area contributed by atoms with Gasteiger partial charge in [-0.15, -0.1) is 0 Å². The van der Waals surface area contributed by atoms with Crippen LogP contribution in [0.5, 0.6) is 0 Å². The lowest BCUT2D eigenvalue weighted by Crippen LogP contribution is -2.30. The minimum atomic E-state index is -0.719. The monoisotopic (exact) mass is 287 g/mol. The van der Waals surface area contributed by atoms with E-state index in [0.29, 0.717) is 5.57 Å². The van der Waals surface area contributed by atoms with Crippen molar-refractivity contribution in [3.63, 3.8) is 0 Å². The second-order valence-electron chi connectivity index (χ2n) is 3.64. The summed E-state index contributed by atoms with van der Waals surface area (Å²) in [7, 11) is -0.432. The van der Waals surface area contributed by atoms with Gasteiger partial charge in [-0.25, -0.2) is 9.59 Å². The fourth-order valence-corrected chi connectivity index (χ4v) is 0.861. The Kier molecular flexibility index (Phi) is 9.76. The normalized spacial score (nSPS) is 9.30. The molecule has 1 amide bonds. The average Bonchev–Trinajstić information content (AvgIpc) is 2.36. The predicted octanol–water partition coefficient (Wildman–Crippen LogP) is -0.322. The quantitative estimate of drug-likeness (QED) is 0.268. The predicted molar refractivity (Wildman–Crippen MR) is 70.0 cm³/mol. The van der Waals surface area contributed by atoms with Crippen LogP contribution in [0.3, 0.4) is 0 Å². The summed E-state index contributed by atoms with van der Waals surface area (Å²) < 4.78 is 18.8. The summed E-state index contributed by atoms with van der Waals surface area (Å²) in [5.74, 6) is -1.01. The molecule has 0 aromatic rings. The molecule has 0 heterocycles. The summed E-state index contributed by atoms with van der Waals surface area (Å²) in [5.41, 5.74) is 0.321. The molecule has 112 valence electrons. The second-order valence-corrected chi connectivity index (χ2v) is 3.64. The van der Waals surface area contributed by atoms with E-state index in [9.17, 15) is 14.4 Å². The first kappa shape index (κ1) is 18.0. The van der Waals surface area contributed by atoms with E-state index < -0.39 is 25.7 Å². The number of hydrogen-bond acceptors (Lipinski definition) is 7. The highest BCUT2D eigenvalue weighted by atomic mass is 16.6. The van der Waals surface area contributed by atoms with Gasteiger partial charge in [0.2, 0.25) is 0 Å².